The molecular weight excluding hydrogens is 228 g/mol. The van der Waals surface area contributed by atoms with Gasteiger partial charge in [0.25, 0.3) is 5.91 Å². The minimum atomic E-state index is 0.170. The predicted molar refractivity (Wildman–Crippen MR) is 70.9 cm³/mol. The standard InChI is InChI=1S/C13H16N2O.CH2O/c1-9-7-14(9)12-5-3-4-11(6-12)13(16)15-8-10(15)2;1-2/h3-6,9-10H,7-8H2,1-2H3;1H2. The van der Waals surface area contributed by atoms with Crippen LogP contribution in [0.2, 0.25) is 0 Å². The highest BCUT2D eigenvalue weighted by atomic mass is 16.2. The third kappa shape index (κ3) is 2.37. The van der Waals surface area contributed by atoms with Crippen LogP contribution in [0.25, 0.3) is 0 Å². The number of carbonyl (C=O) groups excluding carboxylic acids is 2. The van der Waals surface area contributed by atoms with E-state index in [4.69, 9.17) is 4.79 Å². The van der Waals surface area contributed by atoms with Crippen LogP contribution in [0, 0.1) is 0 Å². The molecule has 2 atom stereocenters. The maximum atomic E-state index is 12.0. The smallest absolute Gasteiger partial charge is 0.254 e. The summed E-state index contributed by atoms with van der Waals surface area (Å²) in [6.45, 7) is 8.29. The van der Waals surface area contributed by atoms with Crippen LogP contribution in [0.4, 0.5) is 5.69 Å². The molecule has 4 nitrogen and oxygen atoms in total. The van der Waals surface area contributed by atoms with Gasteiger partial charge < -0.3 is 14.6 Å². The molecule has 2 saturated heterocycles. The molecule has 0 bridgehead atoms. The van der Waals surface area contributed by atoms with Crippen molar-refractivity contribution in [2.24, 2.45) is 0 Å². The number of nitrogens with zero attached hydrogens (tertiary/aromatic N) is 2. The fourth-order valence-electron chi connectivity index (χ4n) is 2.10. The number of rotatable bonds is 2. The van der Waals surface area contributed by atoms with E-state index in [1.807, 2.05) is 29.9 Å². The zero-order valence-electron chi connectivity index (χ0n) is 10.8. The van der Waals surface area contributed by atoms with Crippen molar-refractivity contribution in [3.63, 3.8) is 0 Å². The largest absolute Gasteiger partial charge is 0.365 e. The van der Waals surface area contributed by atoms with E-state index in [-0.39, 0.29) is 5.91 Å². The lowest BCUT2D eigenvalue weighted by Gasteiger charge is -2.07. The summed E-state index contributed by atoms with van der Waals surface area (Å²) in [5.41, 5.74) is 1.99. The summed E-state index contributed by atoms with van der Waals surface area (Å²) >= 11 is 0. The summed E-state index contributed by atoms with van der Waals surface area (Å²) in [5, 5.41) is 0. The van der Waals surface area contributed by atoms with Gasteiger partial charge >= 0.3 is 0 Å². The molecular formula is C14H18N2O2. The molecule has 0 aromatic heterocycles. The summed E-state index contributed by atoms with van der Waals surface area (Å²) < 4.78 is 0. The number of amides is 1. The fourth-order valence-corrected chi connectivity index (χ4v) is 2.10. The van der Waals surface area contributed by atoms with Crippen molar-refractivity contribution in [2.45, 2.75) is 25.9 Å². The summed E-state index contributed by atoms with van der Waals surface area (Å²) in [6.07, 6.45) is 0. The van der Waals surface area contributed by atoms with Gasteiger partial charge in [0.15, 0.2) is 0 Å². The molecule has 2 fully saturated rings. The number of hydrogen-bond donors (Lipinski definition) is 0. The van der Waals surface area contributed by atoms with Crippen LogP contribution in [0.1, 0.15) is 24.2 Å². The van der Waals surface area contributed by atoms with Crippen molar-refractivity contribution in [1.82, 2.24) is 4.90 Å². The van der Waals surface area contributed by atoms with Crippen molar-refractivity contribution in [2.75, 3.05) is 18.0 Å². The second-order valence-corrected chi connectivity index (χ2v) is 4.86. The molecule has 18 heavy (non-hydrogen) atoms. The van der Waals surface area contributed by atoms with Crippen LogP contribution in [-0.4, -0.2) is 42.8 Å². The first-order valence-electron chi connectivity index (χ1n) is 6.13. The van der Waals surface area contributed by atoms with E-state index in [2.05, 4.69) is 24.8 Å². The maximum Gasteiger partial charge on any atom is 0.254 e. The van der Waals surface area contributed by atoms with E-state index < -0.39 is 0 Å². The van der Waals surface area contributed by atoms with Gasteiger partial charge in [-0.25, -0.2) is 0 Å². The zero-order chi connectivity index (χ0) is 13.3. The van der Waals surface area contributed by atoms with Gasteiger partial charge in [0.1, 0.15) is 6.79 Å². The SMILES string of the molecule is C=O.CC1CN1C(=O)c1cccc(N2CC2C)c1. The van der Waals surface area contributed by atoms with Gasteiger partial charge in [-0.3, -0.25) is 4.79 Å². The molecule has 3 rings (SSSR count). The summed E-state index contributed by atoms with van der Waals surface area (Å²) in [7, 11) is 0. The van der Waals surface area contributed by atoms with E-state index >= 15 is 0 Å². The van der Waals surface area contributed by atoms with Crippen LogP contribution in [0.5, 0.6) is 0 Å². The summed E-state index contributed by atoms with van der Waals surface area (Å²) in [6, 6.07) is 9.03. The molecule has 1 aromatic carbocycles. The topological polar surface area (TPSA) is 40.2 Å². The maximum absolute atomic E-state index is 12.0. The third-order valence-corrected chi connectivity index (χ3v) is 3.40. The highest BCUT2D eigenvalue weighted by Crippen LogP contribution is 2.29. The Labute approximate surface area is 107 Å². The molecule has 1 aromatic rings. The second-order valence-electron chi connectivity index (χ2n) is 4.86. The van der Waals surface area contributed by atoms with Gasteiger partial charge in [0.2, 0.25) is 0 Å². The monoisotopic (exact) mass is 246 g/mol. The summed E-state index contributed by atoms with van der Waals surface area (Å²) in [5.74, 6) is 0.170. The summed E-state index contributed by atoms with van der Waals surface area (Å²) in [4.78, 5) is 24.2. The molecule has 2 unspecified atom stereocenters. The molecule has 0 saturated carbocycles. The fraction of sp³-hybridized carbons (Fsp3) is 0.429. The first-order valence-corrected chi connectivity index (χ1v) is 6.13. The molecule has 0 N–H and O–H groups in total. The minimum Gasteiger partial charge on any atom is -0.365 e. The molecule has 1 amide bonds. The van der Waals surface area contributed by atoms with Gasteiger partial charge in [-0.2, -0.15) is 0 Å². The van der Waals surface area contributed by atoms with E-state index in [9.17, 15) is 4.79 Å². The Morgan fingerprint density at radius 2 is 1.83 bits per heavy atom. The highest BCUT2D eigenvalue weighted by molar-refractivity contribution is 5.96. The van der Waals surface area contributed by atoms with Crippen molar-refractivity contribution >= 4 is 18.4 Å². The van der Waals surface area contributed by atoms with E-state index in [0.717, 1.165) is 18.7 Å². The lowest BCUT2D eigenvalue weighted by molar-refractivity contribution is -0.0979. The Hall–Kier alpha value is -1.84. The average Bonchev–Trinajstić information content (AvgIpc) is 3.30. The lowest BCUT2D eigenvalue weighted by atomic mass is 10.2. The third-order valence-electron chi connectivity index (χ3n) is 3.40. The van der Waals surface area contributed by atoms with E-state index in [0.29, 0.717) is 12.1 Å². The quantitative estimate of drug-likeness (QED) is 0.743. The molecule has 0 radical (unpaired) electrons. The van der Waals surface area contributed by atoms with Crippen LogP contribution in [-0.2, 0) is 4.79 Å². The Balaban J connectivity index is 0.000000574. The first kappa shape index (κ1) is 12.6. The number of hydrogen-bond acceptors (Lipinski definition) is 3. The highest BCUT2D eigenvalue weighted by Gasteiger charge is 2.35. The zero-order valence-corrected chi connectivity index (χ0v) is 10.8. The number of anilines is 1. The van der Waals surface area contributed by atoms with Crippen molar-refractivity contribution in [1.29, 1.82) is 0 Å². The molecule has 2 heterocycles. The number of carbonyl (C=O) groups is 2. The first-order chi connectivity index (χ1) is 8.66. The van der Waals surface area contributed by atoms with Crippen LogP contribution in [0.3, 0.4) is 0 Å². The number of benzene rings is 1. The normalized spacial score (nSPS) is 24.1. The van der Waals surface area contributed by atoms with Gasteiger partial charge in [-0.15, -0.1) is 0 Å². The Morgan fingerprint density at radius 1 is 1.22 bits per heavy atom. The molecule has 96 valence electrons. The molecule has 0 spiro atoms. The van der Waals surface area contributed by atoms with Gasteiger partial charge in [-0.05, 0) is 32.0 Å². The lowest BCUT2D eigenvalue weighted by Crippen LogP contribution is -2.12. The molecule has 2 aliphatic heterocycles. The Kier molecular flexibility index (Phi) is 3.36. The average molecular weight is 246 g/mol. The van der Waals surface area contributed by atoms with Gasteiger partial charge in [0, 0.05) is 36.4 Å². The van der Waals surface area contributed by atoms with Gasteiger partial charge in [-0.1, -0.05) is 6.07 Å². The Bertz CT molecular complexity index is 461. The van der Waals surface area contributed by atoms with Crippen LogP contribution in [0.15, 0.2) is 24.3 Å². The van der Waals surface area contributed by atoms with Crippen molar-refractivity contribution in [3.05, 3.63) is 29.8 Å². The Morgan fingerprint density at radius 3 is 2.33 bits per heavy atom. The second kappa shape index (κ2) is 4.80. The van der Waals surface area contributed by atoms with Crippen LogP contribution < -0.4 is 4.90 Å². The molecule has 2 aliphatic rings. The molecule has 4 heteroatoms. The van der Waals surface area contributed by atoms with Gasteiger partial charge in [0.05, 0.1) is 0 Å². The molecule has 0 aliphatic carbocycles. The minimum absolute atomic E-state index is 0.170. The predicted octanol–water partition coefficient (Wildman–Crippen LogP) is 1.55. The van der Waals surface area contributed by atoms with Crippen molar-refractivity contribution < 1.29 is 9.59 Å². The van der Waals surface area contributed by atoms with E-state index in [1.54, 1.807) is 0 Å². The van der Waals surface area contributed by atoms with Crippen molar-refractivity contribution in [3.8, 4) is 0 Å². The van der Waals surface area contributed by atoms with E-state index in [1.165, 1.54) is 5.69 Å². The van der Waals surface area contributed by atoms with Crippen LogP contribution >= 0.6 is 0 Å².